The average molecular weight is 413 g/mol. The van der Waals surface area contributed by atoms with E-state index in [4.69, 9.17) is 9.47 Å². The molecule has 0 bridgehead atoms. The number of methoxy groups -OCH3 is 1. The Bertz CT molecular complexity index is 778. The van der Waals surface area contributed by atoms with E-state index >= 15 is 0 Å². The largest absolute Gasteiger partial charge is 0.497 e. The molecule has 162 valence electrons. The lowest BCUT2D eigenvalue weighted by Gasteiger charge is -2.28. The molecule has 0 aliphatic rings. The van der Waals surface area contributed by atoms with Gasteiger partial charge in [-0.25, -0.2) is 0 Å². The van der Waals surface area contributed by atoms with Crippen LogP contribution < -0.4 is 14.8 Å². The van der Waals surface area contributed by atoms with Gasteiger partial charge >= 0.3 is 0 Å². The molecule has 2 amide bonds. The number of amides is 2. The van der Waals surface area contributed by atoms with Crippen LogP contribution in [0.15, 0.2) is 54.6 Å². The summed E-state index contributed by atoms with van der Waals surface area (Å²) in [6, 6.07) is 16.0. The van der Waals surface area contributed by atoms with Crippen LogP contribution in [0.1, 0.15) is 38.7 Å². The molecule has 2 aromatic rings. The molecule has 1 N–H and O–H groups in total. The van der Waals surface area contributed by atoms with Crippen LogP contribution in [-0.2, 0) is 16.1 Å². The molecule has 0 aliphatic heterocycles. The summed E-state index contributed by atoms with van der Waals surface area (Å²) < 4.78 is 10.8. The fraction of sp³-hybridized carbons (Fsp3) is 0.417. The van der Waals surface area contributed by atoms with E-state index in [0.29, 0.717) is 18.8 Å². The van der Waals surface area contributed by atoms with Crippen molar-refractivity contribution in [2.24, 2.45) is 0 Å². The molecule has 0 saturated carbocycles. The van der Waals surface area contributed by atoms with Crippen molar-refractivity contribution in [3.63, 3.8) is 0 Å². The Morgan fingerprint density at radius 2 is 1.70 bits per heavy atom. The van der Waals surface area contributed by atoms with Gasteiger partial charge in [-0.3, -0.25) is 9.59 Å². The maximum Gasteiger partial charge on any atom is 0.261 e. The third kappa shape index (κ3) is 7.43. The van der Waals surface area contributed by atoms with Crippen molar-refractivity contribution in [1.29, 1.82) is 0 Å². The first kappa shape index (κ1) is 23.3. The predicted molar refractivity (Wildman–Crippen MR) is 117 cm³/mol. The molecule has 0 saturated heterocycles. The van der Waals surface area contributed by atoms with Crippen molar-refractivity contribution >= 4 is 11.8 Å². The molecule has 0 unspecified atom stereocenters. The lowest BCUT2D eigenvalue weighted by Crippen LogP contribution is -2.49. The van der Waals surface area contributed by atoms with Crippen molar-refractivity contribution in [1.82, 2.24) is 10.2 Å². The summed E-state index contributed by atoms with van der Waals surface area (Å²) in [4.78, 5) is 27.2. The fourth-order valence-electron chi connectivity index (χ4n) is 2.99. The van der Waals surface area contributed by atoms with E-state index in [2.05, 4.69) is 12.2 Å². The van der Waals surface area contributed by atoms with E-state index in [-0.39, 0.29) is 18.4 Å². The summed E-state index contributed by atoms with van der Waals surface area (Å²) >= 11 is 0. The third-order valence-corrected chi connectivity index (χ3v) is 4.86. The zero-order valence-corrected chi connectivity index (χ0v) is 18.1. The highest BCUT2D eigenvalue weighted by Gasteiger charge is 2.26. The Morgan fingerprint density at radius 3 is 2.33 bits per heavy atom. The van der Waals surface area contributed by atoms with Crippen LogP contribution in [0.25, 0.3) is 0 Å². The number of carbonyl (C=O) groups excluding carboxylic acids is 2. The second-order valence-corrected chi connectivity index (χ2v) is 7.15. The van der Waals surface area contributed by atoms with Gasteiger partial charge in [0.1, 0.15) is 17.5 Å². The second-order valence-electron chi connectivity index (χ2n) is 7.15. The van der Waals surface area contributed by atoms with Gasteiger partial charge in [-0.05, 0) is 43.2 Å². The van der Waals surface area contributed by atoms with E-state index in [1.54, 1.807) is 31.1 Å². The van der Waals surface area contributed by atoms with E-state index in [1.165, 1.54) is 0 Å². The minimum absolute atomic E-state index is 0.131. The quantitative estimate of drug-likeness (QED) is 0.539. The van der Waals surface area contributed by atoms with Crippen molar-refractivity contribution in [3.05, 3.63) is 60.2 Å². The number of para-hydroxylation sites is 1. The van der Waals surface area contributed by atoms with Crippen molar-refractivity contribution in [2.75, 3.05) is 20.3 Å². The third-order valence-electron chi connectivity index (χ3n) is 4.86. The SMILES string of the molecule is CCCCCNC(=O)[C@@H](C)N(Cc1ccc(OC)cc1)C(=O)COc1ccccc1. The first-order valence-electron chi connectivity index (χ1n) is 10.4. The maximum absolute atomic E-state index is 13.0. The summed E-state index contributed by atoms with van der Waals surface area (Å²) in [5, 5.41) is 2.94. The van der Waals surface area contributed by atoms with Gasteiger partial charge < -0.3 is 19.7 Å². The highest BCUT2D eigenvalue weighted by Crippen LogP contribution is 2.16. The summed E-state index contributed by atoms with van der Waals surface area (Å²) in [6.07, 6.45) is 3.08. The van der Waals surface area contributed by atoms with Crippen molar-refractivity contribution < 1.29 is 19.1 Å². The number of unbranched alkanes of at least 4 members (excludes halogenated alkanes) is 2. The van der Waals surface area contributed by atoms with Crippen LogP contribution in [0, 0.1) is 0 Å². The number of benzene rings is 2. The number of ether oxygens (including phenoxy) is 2. The van der Waals surface area contributed by atoms with Gasteiger partial charge in [-0.1, -0.05) is 50.1 Å². The normalized spacial score (nSPS) is 11.4. The number of carbonyl (C=O) groups is 2. The summed E-state index contributed by atoms with van der Waals surface area (Å²) in [5.74, 6) is 0.955. The summed E-state index contributed by atoms with van der Waals surface area (Å²) in [6.45, 7) is 4.66. The van der Waals surface area contributed by atoms with Crippen LogP contribution in [0.4, 0.5) is 0 Å². The van der Waals surface area contributed by atoms with Gasteiger partial charge in [0, 0.05) is 13.1 Å². The molecule has 0 aliphatic carbocycles. The molecular weight excluding hydrogens is 380 g/mol. The number of hydrogen-bond donors (Lipinski definition) is 1. The molecule has 0 aromatic heterocycles. The van der Waals surface area contributed by atoms with E-state index in [1.807, 2.05) is 42.5 Å². The fourth-order valence-corrected chi connectivity index (χ4v) is 2.99. The molecule has 0 radical (unpaired) electrons. The highest BCUT2D eigenvalue weighted by molar-refractivity contribution is 5.87. The van der Waals surface area contributed by atoms with Gasteiger partial charge in [-0.15, -0.1) is 0 Å². The van der Waals surface area contributed by atoms with Crippen LogP contribution in [0.2, 0.25) is 0 Å². The highest BCUT2D eigenvalue weighted by atomic mass is 16.5. The molecule has 6 heteroatoms. The number of rotatable bonds is 12. The Hall–Kier alpha value is -3.02. The minimum Gasteiger partial charge on any atom is -0.497 e. The van der Waals surface area contributed by atoms with E-state index in [0.717, 1.165) is 30.6 Å². The smallest absolute Gasteiger partial charge is 0.261 e. The van der Waals surface area contributed by atoms with Gasteiger partial charge in [-0.2, -0.15) is 0 Å². The van der Waals surface area contributed by atoms with Crippen LogP contribution in [0.3, 0.4) is 0 Å². The standard InChI is InChI=1S/C24H32N2O4/c1-4-5-9-16-25-24(28)19(2)26(17-20-12-14-21(29-3)15-13-20)23(27)18-30-22-10-7-6-8-11-22/h6-8,10-15,19H,4-5,9,16-18H2,1-3H3,(H,25,28)/t19-/m1/s1. The van der Waals surface area contributed by atoms with E-state index < -0.39 is 6.04 Å². The van der Waals surface area contributed by atoms with Crippen LogP contribution in [0.5, 0.6) is 11.5 Å². The van der Waals surface area contributed by atoms with Crippen molar-refractivity contribution in [3.8, 4) is 11.5 Å². The summed E-state index contributed by atoms with van der Waals surface area (Å²) in [5.41, 5.74) is 0.912. The van der Waals surface area contributed by atoms with Gasteiger partial charge in [0.2, 0.25) is 5.91 Å². The van der Waals surface area contributed by atoms with Gasteiger partial charge in [0.15, 0.2) is 6.61 Å². The average Bonchev–Trinajstić information content (AvgIpc) is 2.79. The Balaban J connectivity index is 2.07. The molecule has 0 spiro atoms. The second kappa shape index (κ2) is 12.5. The monoisotopic (exact) mass is 412 g/mol. The van der Waals surface area contributed by atoms with Crippen LogP contribution in [-0.4, -0.2) is 43.0 Å². The molecule has 6 nitrogen and oxygen atoms in total. The topological polar surface area (TPSA) is 67.9 Å². The molecule has 0 fully saturated rings. The lowest BCUT2D eigenvalue weighted by atomic mass is 10.1. The molecule has 2 aromatic carbocycles. The molecular formula is C24H32N2O4. The molecule has 30 heavy (non-hydrogen) atoms. The first-order valence-corrected chi connectivity index (χ1v) is 10.4. The predicted octanol–water partition coefficient (Wildman–Crippen LogP) is 3.80. The number of nitrogens with zero attached hydrogens (tertiary/aromatic N) is 1. The van der Waals surface area contributed by atoms with Gasteiger partial charge in [0.05, 0.1) is 7.11 Å². The number of hydrogen-bond acceptors (Lipinski definition) is 4. The number of nitrogens with one attached hydrogen (secondary N) is 1. The molecule has 0 heterocycles. The Labute approximate surface area is 179 Å². The van der Waals surface area contributed by atoms with E-state index in [9.17, 15) is 9.59 Å². The minimum atomic E-state index is -0.611. The van der Waals surface area contributed by atoms with Crippen molar-refractivity contribution in [2.45, 2.75) is 45.7 Å². The zero-order valence-electron chi connectivity index (χ0n) is 18.1. The zero-order chi connectivity index (χ0) is 21.8. The molecule has 1 atom stereocenters. The first-order chi connectivity index (χ1) is 14.5. The van der Waals surface area contributed by atoms with Crippen LogP contribution >= 0.6 is 0 Å². The summed E-state index contributed by atoms with van der Waals surface area (Å²) in [7, 11) is 1.61. The lowest BCUT2D eigenvalue weighted by molar-refractivity contribution is -0.142. The van der Waals surface area contributed by atoms with Gasteiger partial charge in [0.25, 0.3) is 5.91 Å². The maximum atomic E-state index is 13.0. The Kier molecular flexibility index (Phi) is 9.71. The molecule has 2 rings (SSSR count). The Morgan fingerprint density at radius 1 is 1.00 bits per heavy atom.